The van der Waals surface area contributed by atoms with Gasteiger partial charge < -0.3 is 4.42 Å². The number of para-hydroxylation sites is 1. The maximum Gasteiger partial charge on any atom is 0.259 e. The average molecular weight is 426 g/mol. The summed E-state index contributed by atoms with van der Waals surface area (Å²) in [6.07, 6.45) is 1.51. The summed E-state index contributed by atoms with van der Waals surface area (Å²) in [7, 11) is 0. The van der Waals surface area contributed by atoms with Gasteiger partial charge >= 0.3 is 0 Å². The molecule has 1 saturated heterocycles. The van der Waals surface area contributed by atoms with Gasteiger partial charge in [-0.25, -0.2) is 4.90 Å². The molecule has 2 aliphatic heterocycles. The van der Waals surface area contributed by atoms with Crippen LogP contribution in [0.25, 0.3) is 0 Å². The molecule has 8 heteroatoms. The van der Waals surface area contributed by atoms with Crippen LogP contribution in [0.2, 0.25) is 10.0 Å². The number of carbonyl (C=O) groups excluding carboxylic acids is 2. The molecule has 0 spiro atoms. The molecule has 2 atom stereocenters. The molecule has 0 saturated carbocycles. The van der Waals surface area contributed by atoms with E-state index in [2.05, 4.69) is 5.10 Å². The number of hydrogen-bond acceptors (Lipinski definition) is 5. The van der Waals surface area contributed by atoms with Crippen LogP contribution < -0.4 is 9.91 Å². The molecule has 144 valence electrons. The molecule has 2 aromatic carbocycles. The predicted octanol–water partition coefficient (Wildman–Crippen LogP) is 4.37. The Bertz CT molecular complexity index is 1150. The summed E-state index contributed by atoms with van der Waals surface area (Å²) in [6, 6.07) is 16.6. The average Bonchev–Trinajstić information content (AvgIpc) is 3.43. The van der Waals surface area contributed by atoms with Gasteiger partial charge in [0.1, 0.15) is 17.7 Å². The normalized spacial score (nSPS) is 21.0. The SMILES string of the molecule is O=C1[C@H]2C(c3ccco3)=NN(c3ccccc3)[C@@H]2C(=O)N1c1ccc(Cl)c(Cl)c1. The van der Waals surface area contributed by atoms with E-state index in [0.29, 0.717) is 27.9 Å². The minimum absolute atomic E-state index is 0.265. The number of halogens is 2. The zero-order chi connectivity index (χ0) is 20.1. The highest BCUT2D eigenvalue weighted by atomic mass is 35.5. The summed E-state index contributed by atoms with van der Waals surface area (Å²) in [5, 5.41) is 6.78. The van der Waals surface area contributed by atoms with Crippen LogP contribution in [0.3, 0.4) is 0 Å². The zero-order valence-corrected chi connectivity index (χ0v) is 16.3. The van der Waals surface area contributed by atoms with Crippen LogP contribution >= 0.6 is 23.2 Å². The second-order valence-electron chi connectivity index (χ2n) is 6.68. The predicted molar refractivity (Wildman–Crippen MR) is 110 cm³/mol. The number of anilines is 2. The molecule has 0 radical (unpaired) electrons. The molecule has 0 N–H and O–H groups in total. The molecule has 3 heterocycles. The zero-order valence-electron chi connectivity index (χ0n) is 14.8. The number of hydrogen-bond donors (Lipinski definition) is 0. The lowest BCUT2D eigenvalue weighted by atomic mass is 9.96. The Balaban J connectivity index is 1.63. The number of fused-ring (bicyclic) bond motifs is 1. The van der Waals surface area contributed by atoms with Gasteiger partial charge in [0.05, 0.1) is 27.7 Å². The van der Waals surface area contributed by atoms with Crippen molar-refractivity contribution in [2.24, 2.45) is 11.0 Å². The van der Waals surface area contributed by atoms with Crippen molar-refractivity contribution in [1.29, 1.82) is 0 Å². The number of rotatable bonds is 3. The van der Waals surface area contributed by atoms with E-state index in [-0.39, 0.29) is 16.8 Å². The molecule has 1 aromatic heterocycles. The fourth-order valence-electron chi connectivity index (χ4n) is 3.71. The Kier molecular flexibility index (Phi) is 4.19. The fraction of sp³-hybridized carbons (Fsp3) is 0.0952. The van der Waals surface area contributed by atoms with E-state index in [1.54, 1.807) is 29.3 Å². The van der Waals surface area contributed by atoms with E-state index < -0.39 is 12.0 Å². The lowest BCUT2D eigenvalue weighted by Crippen LogP contribution is -2.39. The van der Waals surface area contributed by atoms with Crippen molar-refractivity contribution >= 4 is 52.1 Å². The summed E-state index contributed by atoms with van der Waals surface area (Å²) in [5.41, 5.74) is 1.50. The molecule has 0 bridgehead atoms. The third kappa shape index (κ3) is 2.75. The third-order valence-corrected chi connectivity index (χ3v) is 5.74. The molecule has 1 fully saturated rings. The second-order valence-corrected chi connectivity index (χ2v) is 7.49. The molecular formula is C21H13Cl2N3O3. The fourth-order valence-corrected chi connectivity index (χ4v) is 4.01. The van der Waals surface area contributed by atoms with E-state index in [1.165, 1.54) is 12.3 Å². The van der Waals surface area contributed by atoms with Gasteiger partial charge in [-0.05, 0) is 42.5 Å². The summed E-state index contributed by atoms with van der Waals surface area (Å²) < 4.78 is 5.49. The minimum Gasteiger partial charge on any atom is -0.463 e. The van der Waals surface area contributed by atoms with Gasteiger partial charge in [-0.3, -0.25) is 14.6 Å². The van der Waals surface area contributed by atoms with Crippen molar-refractivity contribution in [2.45, 2.75) is 6.04 Å². The first kappa shape index (κ1) is 18.0. The van der Waals surface area contributed by atoms with Crippen molar-refractivity contribution in [1.82, 2.24) is 0 Å². The number of imide groups is 1. The summed E-state index contributed by atoms with van der Waals surface area (Å²) in [4.78, 5) is 27.9. The van der Waals surface area contributed by atoms with Gasteiger partial charge in [-0.15, -0.1) is 0 Å². The Morgan fingerprint density at radius 3 is 2.34 bits per heavy atom. The third-order valence-electron chi connectivity index (χ3n) is 5.00. The molecule has 0 unspecified atom stereocenters. The number of benzene rings is 2. The number of carbonyl (C=O) groups is 2. The van der Waals surface area contributed by atoms with Crippen LogP contribution in [0.4, 0.5) is 11.4 Å². The topological polar surface area (TPSA) is 66.1 Å². The number of amides is 2. The Labute approximate surface area is 175 Å². The maximum atomic E-state index is 13.4. The van der Waals surface area contributed by atoms with Crippen molar-refractivity contribution < 1.29 is 14.0 Å². The molecule has 3 aromatic rings. The van der Waals surface area contributed by atoms with Crippen molar-refractivity contribution in [3.05, 3.63) is 82.7 Å². The molecular weight excluding hydrogens is 413 g/mol. The highest BCUT2D eigenvalue weighted by Gasteiger charge is 2.58. The van der Waals surface area contributed by atoms with Gasteiger partial charge in [-0.1, -0.05) is 41.4 Å². The van der Waals surface area contributed by atoms with Crippen LogP contribution in [0.15, 0.2) is 76.4 Å². The van der Waals surface area contributed by atoms with Crippen molar-refractivity contribution in [2.75, 3.05) is 9.91 Å². The highest BCUT2D eigenvalue weighted by molar-refractivity contribution is 6.42. The molecule has 0 aliphatic carbocycles. The minimum atomic E-state index is -0.806. The van der Waals surface area contributed by atoms with Gasteiger partial charge in [0.15, 0.2) is 5.76 Å². The number of furan rings is 1. The molecule has 6 nitrogen and oxygen atoms in total. The van der Waals surface area contributed by atoms with Crippen LogP contribution in [-0.2, 0) is 9.59 Å². The van der Waals surface area contributed by atoms with Gasteiger partial charge in [0.2, 0.25) is 5.91 Å². The summed E-state index contributed by atoms with van der Waals surface area (Å²) >= 11 is 12.1. The second kappa shape index (κ2) is 6.76. The quantitative estimate of drug-likeness (QED) is 0.584. The van der Waals surface area contributed by atoms with Crippen molar-refractivity contribution in [3.63, 3.8) is 0 Å². The summed E-state index contributed by atoms with van der Waals surface area (Å²) in [5.74, 6) is -1.10. The van der Waals surface area contributed by atoms with Crippen LogP contribution in [0.1, 0.15) is 5.76 Å². The van der Waals surface area contributed by atoms with E-state index in [0.717, 1.165) is 4.90 Å². The Morgan fingerprint density at radius 2 is 1.66 bits per heavy atom. The van der Waals surface area contributed by atoms with Crippen molar-refractivity contribution in [3.8, 4) is 0 Å². The van der Waals surface area contributed by atoms with Gasteiger partial charge in [0, 0.05) is 0 Å². The van der Waals surface area contributed by atoms with E-state index in [4.69, 9.17) is 27.6 Å². The first-order chi connectivity index (χ1) is 14.1. The van der Waals surface area contributed by atoms with Gasteiger partial charge in [-0.2, -0.15) is 5.10 Å². The largest absolute Gasteiger partial charge is 0.463 e. The van der Waals surface area contributed by atoms with Crippen LogP contribution in [0.5, 0.6) is 0 Å². The smallest absolute Gasteiger partial charge is 0.259 e. The highest BCUT2D eigenvalue weighted by Crippen LogP contribution is 2.40. The summed E-state index contributed by atoms with van der Waals surface area (Å²) in [6.45, 7) is 0. The van der Waals surface area contributed by atoms with E-state index >= 15 is 0 Å². The van der Waals surface area contributed by atoms with E-state index in [1.807, 2.05) is 30.3 Å². The van der Waals surface area contributed by atoms with E-state index in [9.17, 15) is 9.59 Å². The number of hydrazone groups is 1. The number of nitrogens with zero attached hydrogens (tertiary/aromatic N) is 3. The first-order valence-corrected chi connectivity index (χ1v) is 9.61. The lowest BCUT2D eigenvalue weighted by Gasteiger charge is -2.22. The molecule has 2 amide bonds. The maximum absolute atomic E-state index is 13.4. The Hall–Kier alpha value is -3.09. The molecule has 2 aliphatic rings. The standard InChI is InChI=1S/C21H13Cl2N3O3/c22-14-9-8-13(11-15(14)23)25-20(27)17-18(16-7-4-10-29-16)24-26(19(17)21(25)28)12-5-2-1-3-6-12/h1-11,17,19H/t17-,19-/m0/s1. The Morgan fingerprint density at radius 1 is 0.862 bits per heavy atom. The molecule has 29 heavy (non-hydrogen) atoms. The molecule has 5 rings (SSSR count). The van der Waals surface area contributed by atoms with Crippen LogP contribution in [-0.4, -0.2) is 23.6 Å². The lowest BCUT2D eigenvalue weighted by molar-refractivity contribution is -0.121. The van der Waals surface area contributed by atoms with Crippen LogP contribution in [0, 0.1) is 5.92 Å². The van der Waals surface area contributed by atoms with Gasteiger partial charge in [0.25, 0.3) is 5.91 Å². The first-order valence-electron chi connectivity index (χ1n) is 8.86. The monoisotopic (exact) mass is 425 g/mol.